The second-order valence-electron chi connectivity index (χ2n) is 3.15. The van der Waals surface area contributed by atoms with Crippen molar-refractivity contribution < 1.29 is 14.5 Å². The Kier molecular flexibility index (Phi) is 2.96. The van der Waals surface area contributed by atoms with Gasteiger partial charge in [0.1, 0.15) is 12.4 Å². The van der Waals surface area contributed by atoms with E-state index in [0.717, 1.165) is 10.9 Å². The fraction of sp³-hybridized carbons (Fsp3) is 0.111. The fourth-order valence-electron chi connectivity index (χ4n) is 1.20. The Morgan fingerprint density at radius 2 is 2.22 bits per heavy atom. The second-order valence-corrected chi connectivity index (χ2v) is 3.15. The van der Waals surface area contributed by atoms with Crippen LogP contribution in [0.4, 0.5) is 5.69 Å². The summed E-state index contributed by atoms with van der Waals surface area (Å²) in [5.41, 5.74) is -0.187. The largest absolute Gasteiger partial charge is 0.464 e. The van der Waals surface area contributed by atoms with Crippen molar-refractivity contribution in [2.24, 2.45) is 0 Å². The van der Waals surface area contributed by atoms with Gasteiger partial charge in [-0.05, 0) is 0 Å². The zero-order valence-corrected chi connectivity index (χ0v) is 9.18. The van der Waals surface area contributed by atoms with Gasteiger partial charge in [-0.2, -0.15) is 5.10 Å². The van der Waals surface area contributed by atoms with E-state index in [0.29, 0.717) is 0 Å². The third-order valence-electron chi connectivity index (χ3n) is 2.03. The van der Waals surface area contributed by atoms with Gasteiger partial charge in [0.2, 0.25) is 0 Å². The van der Waals surface area contributed by atoms with E-state index in [1.807, 2.05) is 0 Å². The quantitative estimate of drug-likeness (QED) is 0.438. The third-order valence-corrected chi connectivity index (χ3v) is 2.03. The molecule has 0 aromatic carbocycles. The Balaban J connectivity index is 2.38. The smallest absolute Gasteiger partial charge is 0.358 e. The monoisotopic (exact) mass is 249 g/mol. The predicted octanol–water partition coefficient (Wildman–Crippen LogP) is 0.357. The van der Waals surface area contributed by atoms with E-state index >= 15 is 0 Å². The lowest BCUT2D eigenvalue weighted by molar-refractivity contribution is -0.384. The van der Waals surface area contributed by atoms with E-state index in [1.165, 1.54) is 25.7 Å². The zero-order chi connectivity index (χ0) is 13.1. The van der Waals surface area contributed by atoms with Crippen molar-refractivity contribution in [1.82, 2.24) is 19.7 Å². The van der Waals surface area contributed by atoms with Crippen molar-refractivity contribution in [3.8, 4) is 5.82 Å². The summed E-state index contributed by atoms with van der Waals surface area (Å²) in [4.78, 5) is 28.9. The molecule has 18 heavy (non-hydrogen) atoms. The Hall–Kier alpha value is -2.84. The molecule has 0 radical (unpaired) electrons. The van der Waals surface area contributed by atoms with Crippen molar-refractivity contribution in [1.29, 1.82) is 0 Å². The van der Waals surface area contributed by atoms with E-state index in [4.69, 9.17) is 0 Å². The second kappa shape index (κ2) is 4.57. The van der Waals surface area contributed by atoms with Crippen LogP contribution >= 0.6 is 0 Å². The van der Waals surface area contributed by atoms with E-state index in [1.54, 1.807) is 0 Å². The van der Waals surface area contributed by atoms with Gasteiger partial charge in [-0.25, -0.2) is 14.5 Å². The minimum atomic E-state index is -0.647. The Bertz CT molecular complexity index is 609. The van der Waals surface area contributed by atoms with Gasteiger partial charge in [0.25, 0.3) is 0 Å². The summed E-state index contributed by atoms with van der Waals surface area (Å²) in [7, 11) is 1.22. The number of carbonyl (C=O) groups excluding carboxylic acids is 1. The molecule has 0 saturated heterocycles. The summed E-state index contributed by atoms with van der Waals surface area (Å²) in [6, 6.07) is 0. The maximum atomic E-state index is 11.2. The maximum Gasteiger partial charge on any atom is 0.358 e. The highest BCUT2D eigenvalue weighted by Crippen LogP contribution is 2.11. The first kappa shape index (κ1) is 11.6. The molecule has 0 aliphatic rings. The van der Waals surface area contributed by atoms with E-state index < -0.39 is 10.9 Å². The Morgan fingerprint density at radius 3 is 2.83 bits per heavy atom. The third kappa shape index (κ3) is 2.14. The Morgan fingerprint density at radius 1 is 1.44 bits per heavy atom. The molecule has 2 rings (SSSR count). The number of rotatable bonds is 3. The van der Waals surface area contributed by atoms with Gasteiger partial charge in [-0.1, -0.05) is 0 Å². The first-order valence-electron chi connectivity index (χ1n) is 4.71. The first-order chi connectivity index (χ1) is 8.61. The molecule has 2 heterocycles. The number of methoxy groups -OCH3 is 1. The molecule has 92 valence electrons. The number of hydrogen-bond donors (Lipinski definition) is 0. The lowest BCUT2D eigenvalue weighted by Crippen LogP contribution is -2.08. The molecule has 0 aliphatic heterocycles. The van der Waals surface area contributed by atoms with Crippen LogP contribution in [0.15, 0.2) is 24.8 Å². The lowest BCUT2D eigenvalue weighted by Gasteiger charge is -2.01. The molecule has 9 nitrogen and oxygen atoms in total. The average Bonchev–Trinajstić information content (AvgIpc) is 2.88. The van der Waals surface area contributed by atoms with Crippen LogP contribution in [-0.4, -0.2) is 37.8 Å². The minimum Gasteiger partial charge on any atom is -0.464 e. The van der Waals surface area contributed by atoms with Crippen LogP contribution in [0.25, 0.3) is 5.82 Å². The predicted molar refractivity (Wildman–Crippen MR) is 57.1 cm³/mol. The van der Waals surface area contributed by atoms with Crippen LogP contribution in [0.5, 0.6) is 0 Å². The van der Waals surface area contributed by atoms with Gasteiger partial charge in [0, 0.05) is 0 Å². The Labute approximate surface area is 100 Å². The van der Waals surface area contributed by atoms with Gasteiger partial charge < -0.3 is 4.74 Å². The number of carbonyl (C=O) groups is 1. The van der Waals surface area contributed by atoms with Crippen LogP contribution < -0.4 is 0 Å². The van der Waals surface area contributed by atoms with Crippen LogP contribution in [0.1, 0.15) is 10.5 Å². The molecular formula is C9H7N5O4. The van der Waals surface area contributed by atoms with Crippen molar-refractivity contribution in [3.63, 3.8) is 0 Å². The van der Waals surface area contributed by atoms with Crippen molar-refractivity contribution in [2.45, 2.75) is 0 Å². The van der Waals surface area contributed by atoms with Gasteiger partial charge in [0.05, 0.1) is 24.4 Å². The molecule has 0 N–H and O–H groups in total. The number of ether oxygens (including phenoxy) is 1. The number of aromatic nitrogens is 4. The first-order valence-corrected chi connectivity index (χ1v) is 4.71. The van der Waals surface area contributed by atoms with Crippen LogP contribution in [0.2, 0.25) is 0 Å². The SMILES string of the molecule is COC(=O)c1cncc(-n2cc([N+](=O)[O-])cn2)n1. The standard InChI is InChI=1S/C9H7N5O4/c1-18-9(15)7-3-10-4-8(12-7)13-5-6(2-11-13)14(16)17/h2-5H,1H3. The highest BCUT2D eigenvalue weighted by molar-refractivity contribution is 5.86. The molecule has 0 bridgehead atoms. The molecule has 0 atom stereocenters. The average molecular weight is 249 g/mol. The van der Waals surface area contributed by atoms with Gasteiger partial charge in [0.15, 0.2) is 11.5 Å². The zero-order valence-electron chi connectivity index (χ0n) is 9.18. The van der Waals surface area contributed by atoms with Crippen molar-refractivity contribution >= 4 is 11.7 Å². The van der Waals surface area contributed by atoms with Crippen LogP contribution in [-0.2, 0) is 4.74 Å². The summed E-state index contributed by atoms with van der Waals surface area (Å²) >= 11 is 0. The van der Waals surface area contributed by atoms with Crippen LogP contribution in [0, 0.1) is 10.1 Å². The molecule has 0 saturated carbocycles. The fourth-order valence-corrected chi connectivity index (χ4v) is 1.20. The molecule has 0 fully saturated rings. The topological polar surface area (TPSA) is 113 Å². The summed E-state index contributed by atoms with van der Waals surface area (Å²) in [5.74, 6) is -0.461. The van der Waals surface area contributed by atoms with Crippen molar-refractivity contribution in [2.75, 3.05) is 7.11 Å². The summed E-state index contributed by atoms with van der Waals surface area (Å²) in [6.45, 7) is 0. The van der Waals surface area contributed by atoms with Gasteiger partial charge >= 0.3 is 11.7 Å². The molecule has 2 aromatic rings. The molecule has 0 unspecified atom stereocenters. The summed E-state index contributed by atoms with van der Waals surface area (Å²) in [6.07, 6.45) is 4.80. The highest BCUT2D eigenvalue weighted by Gasteiger charge is 2.13. The molecule has 9 heteroatoms. The molecular weight excluding hydrogens is 242 g/mol. The van der Waals surface area contributed by atoms with E-state index in [2.05, 4.69) is 19.8 Å². The van der Waals surface area contributed by atoms with Gasteiger partial charge in [-0.15, -0.1) is 0 Å². The van der Waals surface area contributed by atoms with Crippen LogP contribution in [0.3, 0.4) is 0 Å². The summed E-state index contributed by atoms with van der Waals surface area (Å²) in [5, 5.41) is 14.3. The molecule has 2 aromatic heterocycles. The normalized spacial score (nSPS) is 10.1. The number of esters is 1. The van der Waals surface area contributed by atoms with E-state index in [-0.39, 0.29) is 17.2 Å². The minimum absolute atomic E-state index is 0.00634. The number of nitro groups is 1. The molecule has 0 aliphatic carbocycles. The lowest BCUT2D eigenvalue weighted by atomic mass is 10.4. The molecule has 0 amide bonds. The van der Waals surface area contributed by atoms with E-state index in [9.17, 15) is 14.9 Å². The maximum absolute atomic E-state index is 11.2. The number of hydrogen-bond acceptors (Lipinski definition) is 7. The summed E-state index contributed by atoms with van der Waals surface area (Å²) < 4.78 is 5.64. The number of nitrogens with zero attached hydrogens (tertiary/aromatic N) is 5. The molecule has 0 spiro atoms. The van der Waals surface area contributed by atoms with Gasteiger partial charge in [-0.3, -0.25) is 15.1 Å². The van der Waals surface area contributed by atoms with Crippen molar-refractivity contribution in [3.05, 3.63) is 40.6 Å². The highest BCUT2D eigenvalue weighted by atomic mass is 16.6.